The van der Waals surface area contributed by atoms with Gasteiger partial charge >= 0.3 is 0 Å². The number of amides is 2. The van der Waals surface area contributed by atoms with Gasteiger partial charge < -0.3 is 20.3 Å². The van der Waals surface area contributed by atoms with Crippen LogP contribution in [-0.2, 0) is 16.0 Å². The van der Waals surface area contributed by atoms with Gasteiger partial charge in [0.2, 0.25) is 5.91 Å². The molecule has 2 N–H and O–H groups in total. The zero-order chi connectivity index (χ0) is 21.6. The molecule has 1 aliphatic rings. The first-order chi connectivity index (χ1) is 15.1. The molecule has 0 aromatic heterocycles. The molecule has 0 atom stereocenters. The van der Waals surface area contributed by atoms with E-state index in [1.54, 1.807) is 29.2 Å². The fourth-order valence-electron chi connectivity index (χ4n) is 3.63. The molecule has 31 heavy (non-hydrogen) atoms. The summed E-state index contributed by atoms with van der Waals surface area (Å²) in [6.45, 7) is 2.27. The molecule has 1 fully saturated rings. The summed E-state index contributed by atoms with van der Waals surface area (Å²) in [6.07, 6.45) is 0.221. The Kier molecular flexibility index (Phi) is 6.54. The van der Waals surface area contributed by atoms with E-state index >= 15 is 0 Å². The average Bonchev–Trinajstić information content (AvgIpc) is 2.79. The lowest BCUT2D eigenvalue weighted by molar-refractivity contribution is -0.119. The van der Waals surface area contributed by atoms with E-state index in [0.29, 0.717) is 37.6 Å². The Labute approximate surface area is 186 Å². The third-order valence-electron chi connectivity index (χ3n) is 5.15. The SMILES string of the molecule is O=C(Cc1cccc2ccccc12)NC(=S)Nc1cccc(C(=O)N2CCOCC2)c1. The van der Waals surface area contributed by atoms with E-state index < -0.39 is 0 Å². The number of carbonyl (C=O) groups excluding carboxylic acids is 2. The van der Waals surface area contributed by atoms with Crippen molar-refractivity contribution in [2.45, 2.75) is 6.42 Å². The number of hydrogen-bond donors (Lipinski definition) is 2. The van der Waals surface area contributed by atoms with Crippen molar-refractivity contribution in [1.29, 1.82) is 0 Å². The van der Waals surface area contributed by atoms with E-state index in [-0.39, 0.29) is 23.3 Å². The van der Waals surface area contributed by atoms with Gasteiger partial charge in [0.1, 0.15) is 0 Å². The fraction of sp³-hybridized carbons (Fsp3) is 0.208. The van der Waals surface area contributed by atoms with Crippen LogP contribution in [0.25, 0.3) is 10.8 Å². The van der Waals surface area contributed by atoms with E-state index in [9.17, 15) is 9.59 Å². The van der Waals surface area contributed by atoms with Crippen molar-refractivity contribution in [1.82, 2.24) is 10.2 Å². The van der Waals surface area contributed by atoms with Crippen molar-refractivity contribution in [3.63, 3.8) is 0 Å². The van der Waals surface area contributed by atoms with Gasteiger partial charge in [-0.15, -0.1) is 0 Å². The van der Waals surface area contributed by atoms with Crippen LogP contribution in [-0.4, -0.2) is 48.1 Å². The van der Waals surface area contributed by atoms with Gasteiger partial charge in [0, 0.05) is 24.3 Å². The van der Waals surface area contributed by atoms with Crippen molar-refractivity contribution in [3.05, 3.63) is 77.9 Å². The molecular formula is C24H23N3O3S. The minimum Gasteiger partial charge on any atom is -0.378 e. The molecule has 0 saturated carbocycles. The first-order valence-electron chi connectivity index (χ1n) is 10.1. The van der Waals surface area contributed by atoms with Gasteiger partial charge in [-0.2, -0.15) is 0 Å². The van der Waals surface area contributed by atoms with Crippen molar-refractivity contribution in [3.8, 4) is 0 Å². The lowest BCUT2D eigenvalue weighted by Gasteiger charge is -2.27. The summed E-state index contributed by atoms with van der Waals surface area (Å²) < 4.78 is 5.30. The molecule has 1 saturated heterocycles. The lowest BCUT2D eigenvalue weighted by atomic mass is 10.0. The molecular weight excluding hydrogens is 410 g/mol. The van der Waals surface area contributed by atoms with Crippen LogP contribution in [0, 0.1) is 0 Å². The smallest absolute Gasteiger partial charge is 0.254 e. The molecule has 3 aromatic carbocycles. The summed E-state index contributed by atoms with van der Waals surface area (Å²) >= 11 is 5.30. The van der Waals surface area contributed by atoms with Gasteiger partial charge in [-0.05, 0) is 46.8 Å². The van der Waals surface area contributed by atoms with Gasteiger partial charge in [-0.1, -0.05) is 48.5 Å². The number of anilines is 1. The molecule has 7 heteroatoms. The molecule has 0 aliphatic carbocycles. The molecule has 4 rings (SSSR count). The Bertz CT molecular complexity index is 1120. The molecule has 1 heterocycles. The summed E-state index contributed by atoms with van der Waals surface area (Å²) in [7, 11) is 0. The van der Waals surface area contributed by atoms with Crippen LogP contribution < -0.4 is 10.6 Å². The summed E-state index contributed by atoms with van der Waals surface area (Å²) in [5.41, 5.74) is 2.16. The third kappa shape index (κ3) is 5.25. The van der Waals surface area contributed by atoms with Crippen molar-refractivity contribution >= 4 is 45.6 Å². The maximum Gasteiger partial charge on any atom is 0.254 e. The number of thiocarbonyl (C=S) groups is 1. The van der Waals surface area contributed by atoms with Crippen LogP contribution in [0.3, 0.4) is 0 Å². The summed E-state index contributed by atoms with van der Waals surface area (Å²) in [6, 6.07) is 21.0. The molecule has 1 aliphatic heterocycles. The predicted octanol–water partition coefficient (Wildman–Crippen LogP) is 3.37. The van der Waals surface area contributed by atoms with Crippen LogP contribution in [0.15, 0.2) is 66.7 Å². The van der Waals surface area contributed by atoms with Crippen LogP contribution in [0.1, 0.15) is 15.9 Å². The van der Waals surface area contributed by atoms with E-state index in [1.807, 2.05) is 42.5 Å². The largest absolute Gasteiger partial charge is 0.378 e. The van der Waals surface area contributed by atoms with Crippen molar-refractivity contribution in [2.24, 2.45) is 0 Å². The standard InChI is InChI=1S/C24H23N3O3S/c28-22(16-18-7-3-6-17-5-1-2-10-21(17)18)26-24(31)25-20-9-4-8-19(15-20)23(29)27-11-13-30-14-12-27/h1-10,15H,11-14,16H2,(H2,25,26,28,31). The maximum atomic E-state index is 12.7. The molecule has 158 valence electrons. The van der Waals surface area contributed by atoms with Gasteiger partial charge in [0.05, 0.1) is 19.6 Å². The molecule has 0 spiro atoms. The molecule has 0 radical (unpaired) electrons. The highest BCUT2D eigenvalue weighted by molar-refractivity contribution is 7.80. The van der Waals surface area contributed by atoms with Gasteiger partial charge in [0.15, 0.2) is 5.11 Å². The number of hydrogen-bond acceptors (Lipinski definition) is 4. The number of nitrogens with zero attached hydrogens (tertiary/aromatic N) is 1. The van der Waals surface area contributed by atoms with Crippen molar-refractivity contribution < 1.29 is 14.3 Å². The zero-order valence-electron chi connectivity index (χ0n) is 17.0. The minimum absolute atomic E-state index is 0.0436. The second kappa shape index (κ2) is 9.68. The Morgan fingerprint density at radius 2 is 1.71 bits per heavy atom. The molecule has 6 nitrogen and oxygen atoms in total. The Morgan fingerprint density at radius 3 is 2.55 bits per heavy atom. The minimum atomic E-state index is -0.200. The maximum absolute atomic E-state index is 12.7. The number of fused-ring (bicyclic) bond motifs is 1. The molecule has 0 unspecified atom stereocenters. The molecule has 2 amide bonds. The predicted molar refractivity (Wildman–Crippen MR) is 125 cm³/mol. The third-order valence-corrected chi connectivity index (χ3v) is 5.35. The highest BCUT2D eigenvalue weighted by Gasteiger charge is 2.18. The van der Waals surface area contributed by atoms with Crippen molar-refractivity contribution in [2.75, 3.05) is 31.6 Å². The number of nitrogens with one attached hydrogen (secondary N) is 2. The Hall–Kier alpha value is -3.29. The Morgan fingerprint density at radius 1 is 0.968 bits per heavy atom. The highest BCUT2D eigenvalue weighted by Crippen LogP contribution is 2.19. The quantitative estimate of drug-likeness (QED) is 0.618. The number of morpholine rings is 1. The zero-order valence-corrected chi connectivity index (χ0v) is 17.8. The first kappa shape index (κ1) is 21.0. The lowest BCUT2D eigenvalue weighted by Crippen LogP contribution is -2.40. The van der Waals surface area contributed by atoms with Crippen LogP contribution in [0.5, 0.6) is 0 Å². The molecule has 0 bridgehead atoms. The average molecular weight is 434 g/mol. The normalized spacial score (nSPS) is 13.6. The summed E-state index contributed by atoms with van der Waals surface area (Å²) in [5.74, 6) is -0.243. The Balaban J connectivity index is 1.37. The van der Waals surface area contributed by atoms with Gasteiger partial charge in [-0.3, -0.25) is 9.59 Å². The van der Waals surface area contributed by atoms with Gasteiger partial charge in [-0.25, -0.2) is 0 Å². The number of ether oxygens (including phenoxy) is 1. The van der Waals surface area contributed by atoms with Crippen LogP contribution in [0.2, 0.25) is 0 Å². The van der Waals surface area contributed by atoms with E-state index in [1.165, 1.54) is 0 Å². The number of carbonyl (C=O) groups is 2. The van der Waals surface area contributed by atoms with Gasteiger partial charge in [0.25, 0.3) is 5.91 Å². The van der Waals surface area contributed by atoms with E-state index in [0.717, 1.165) is 16.3 Å². The molecule has 3 aromatic rings. The number of rotatable bonds is 4. The van der Waals surface area contributed by atoms with E-state index in [4.69, 9.17) is 17.0 Å². The van der Waals surface area contributed by atoms with E-state index in [2.05, 4.69) is 10.6 Å². The monoisotopic (exact) mass is 433 g/mol. The summed E-state index contributed by atoms with van der Waals surface area (Å²) in [4.78, 5) is 27.0. The highest BCUT2D eigenvalue weighted by atomic mass is 32.1. The number of benzene rings is 3. The van der Waals surface area contributed by atoms with Crippen LogP contribution >= 0.6 is 12.2 Å². The second-order valence-corrected chi connectivity index (χ2v) is 7.71. The second-order valence-electron chi connectivity index (χ2n) is 7.30. The first-order valence-corrected chi connectivity index (χ1v) is 10.6. The summed E-state index contributed by atoms with van der Waals surface area (Å²) in [5, 5.41) is 8.06. The van der Waals surface area contributed by atoms with Crippen LogP contribution in [0.4, 0.5) is 5.69 Å². The topological polar surface area (TPSA) is 70.7 Å². The fourth-order valence-corrected chi connectivity index (χ4v) is 3.86.